The van der Waals surface area contributed by atoms with Crippen LogP contribution in [0.5, 0.6) is 0 Å². The van der Waals surface area contributed by atoms with Gasteiger partial charge in [0.05, 0.1) is 25.5 Å². The van der Waals surface area contributed by atoms with Crippen molar-refractivity contribution < 1.29 is 4.74 Å². The summed E-state index contributed by atoms with van der Waals surface area (Å²) < 4.78 is 5.70. The fourth-order valence-electron chi connectivity index (χ4n) is 2.22. The van der Waals surface area contributed by atoms with Crippen LogP contribution in [0, 0.1) is 0 Å². The molecule has 0 aliphatic heterocycles. The Morgan fingerprint density at radius 2 is 1.96 bits per heavy atom. The molecule has 0 aliphatic carbocycles. The van der Waals surface area contributed by atoms with E-state index in [4.69, 9.17) is 4.74 Å². The van der Waals surface area contributed by atoms with E-state index in [1.165, 1.54) is 5.56 Å². The minimum atomic E-state index is 0.0807. The first-order valence-electron chi connectivity index (χ1n) is 9.07. The van der Waals surface area contributed by atoms with E-state index in [1.54, 1.807) is 11.3 Å². The molecule has 0 amide bonds. The van der Waals surface area contributed by atoms with Gasteiger partial charge < -0.3 is 15.4 Å². The number of aliphatic imine (C=N–C) groups is 1. The first-order valence-corrected chi connectivity index (χ1v) is 9.95. The Balaban J connectivity index is 1.76. The summed E-state index contributed by atoms with van der Waals surface area (Å²) in [4.78, 5) is 9.31. The van der Waals surface area contributed by atoms with Crippen molar-refractivity contribution in [1.29, 1.82) is 0 Å². The highest BCUT2D eigenvalue weighted by Crippen LogP contribution is 2.24. The fourth-order valence-corrected chi connectivity index (χ4v) is 3.17. The van der Waals surface area contributed by atoms with Gasteiger partial charge in [-0.15, -0.1) is 11.3 Å². The summed E-state index contributed by atoms with van der Waals surface area (Å²) >= 11 is 1.67. The molecule has 0 aliphatic rings. The molecular weight excluding hydrogens is 344 g/mol. The van der Waals surface area contributed by atoms with Crippen molar-refractivity contribution in [1.82, 2.24) is 15.6 Å². The predicted molar refractivity (Wildman–Crippen MR) is 110 cm³/mol. The highest BCUT2D eigenvalue weighted by Gasteiger charge is 2.17. The van der Waals surface area contributed by atoms with Crippen molar-refractivity contribution in [3.8, 4) is 0 Å². The highest BCUT2D eigenvalue weighted by atomic mass is 32.1. The minimum absolute atomic E-state index is 0.0807. The van der Waals surface area contributed by atoms with Gasteiger partial charge in [-0.1, -0.05) is 51.1 Å². The van der Waals surface area contributed by atoms with Crippen LogP contribution in [0.3, 0.4) is 0 Å². The molecule has 0 fully saturated rings. The van der Waals surface area contributed by atoms with Crippen LogP contribution in [0.25, 0.3) is 0 Å². The summed E-state index contributed by atoms with van der Waals surface area (Å²) in [7, 11) is 0. The zero-order valence-electron chi connectivity index (χ0n) is 16.2. The Hall–Kier alpha value is -1.92. The Morgan fingerprint density at radius 3 is 2.62 bits per heavy atom. The average Bonchev–Trinajstić information content (AvgIpc) is 3.09. The molecule has 1 aromatic carbocycles. The van der Waals surface area contributed by atoms with E-state index in [9.17, 15) is 0 Å². The number of nitrogens with one attached hydrogen (secondary N) is 2. The molecular formula is C20H30N4OS. The summed E-state index contributed by atoms with van der Waals surface area (Å²) in [6.07, 6.45) is 0. The van der Waals surface area contributed by atoms with E-state index in [-0.39, 0.29) is 5.41 Å². The van der Waals surface area contributed by atoms with Gasteiger partial charge in [-0.25, -0.2) is 9.98 Å². The second-order valence-corrected chi connectivity index (χ2v) is 7.98. The molecule has 0 radical (unpaired) electrons. The Labute approximate surface area is 160 Å². The average molecular weight is 375 g/mol. The molecule has 2 rings (SSSR count). The first kappa shape index (κ1) is 20.4. The smallest absolute Gasteiger partial charge is 0.191 e. The molecule has 0 saturated heterocycles. The van der Waals surface area contributed by atoms with Gasteiger partial charge in [0.25, 0.3) is 0 Å². The van der Waals surface area contributed by atoms with Crippen molar-refractivity contribution >= 4 is 17.3 Å². The molecule has 0 bridgehead atoms. The topological polar surface area (TPSA) is 58.5 Å². The van der Waals surface area contributed by atoms with Crippen LogP contribution < -0.4 is 10.6 Å². The van der Waals surface area contributed by atoms with E-state index in [2.05, 4.69) is 65.8 Å². The van der Waals surface area contributed by atoms with E-state index in [1.807, 2.05) is 18.2 Å². The van der Waals surface area contributed by atoms with Gasteiger partial charge in [0.2, 0.25) is 0 Å². The van der Waals surface area contributed by atoms with Crippen LogP contribution in [0.4, 0.5) is 0 Å². The second kappa shape index (κ2) is 10.3. The number of thiazole rings is 1. The number of ether oxygens (including phenoxy) is 1. The largest absolute Gasteiger partial charge is 0.375 e. The summed E-state index contributed by atoms with van der Waals surface area (Å²) in [5.74, 6) is 0.795. The van der Waals surface area contributed by atoms with Crippen LogP contribution in [0.1, 0.15) is 44.0 Å². The molecule has 0 atom stereocenters. The lowest BCUT2D eigenvalue weighted by atomic mass is 9.93. The van der Waals surface area contributed by atoms with Gasteiger partial charge in [-0.3, -0.25) is 0 Å². The van der Waals surface area contributed by atoms with Crippen molar-refractivity contribution in [2.24, 2.45) is 4.99 Å². The highest BCUT2D eigenvalue weighted by molar-refractivity contribution is 7.09. The van der Waals surface area contributed by atoms with Crippen molar-refractivity contribution in [3.63, 3.8) is 0 Å². The maximum Gasteiger partial charge on any atom is 0.191 e. The number of benzene rings is 1. The molecule has 2 aromatic rings. The van der Waals surface area contributed by atoms with E-state index >= 15 is 0 Å². The Morgan fingerprint density at radius 1 is 1.19 bits per heavy atom. The fraction of sp³-hybridized carbons (Fsp3) is 0.500. The minimum Gasteiger partial charge on any atom is -0.375 e. The van der Waals surface area contributed by atoms with Crippen molar-refractivity contribution in [2.75, 3.05) is 19.7 Å². The maximum absolute atomic E-state index is 5.70. The third-order valence-corrected chi connectivity index (χ3v) is 4.52. The number of rotatable bonds is 8. The van der Waals surface area contributed by atoms with Crippen molar-refractivity contribution in [2.45, 2.75) is 46.3 Å². The zero-order chi connectivity index (χ0) is 18.8. The van der Waals surface area contributed by atoms with Crippen molar-refractivity contribution in [3.05, 3.63) is 52.0 Å². The van der Waals surface area contributed by atoms with Gasteiger partial charge >= 0.3 is 0 Å². The molecule has 26 heavy (non-hydrogen) atoms. The Kier molecular flexibility index (Phi) is 8.06. The zero-order valence-corrected chi connectivity index (χ0v) is 17.0. The molecule has 2 N–H and O–H groups in total. The molecule has 5 nitrogen and oxygen atoms in total. The van der Waals surface area contributed by atoms with Gasteiger partial charge in [0, 0.05) is 23.9 Å². The van der Waals surface area contributed by atoms with Gasteiger partial charge in [-0.2, -0.15) is 0 Å². The van der Waals surface area contributed by atoms with E-state index in [0.29, 0.717) is 26.3 Å². The molecule has 0 spiro atoms. The lowest BCUT2D eigenvalue weighted by molar-refractivity contribution is 0.125. The molecule has 0 unspecified atom stereocenters. The van der Waals surface area contributed by atoms with Gasteiger partial charge in [0.1, 0.15) is 5.01 Å². The summed E-state index contributed by atoms with van der Waals surface area (Å²) in [6, 6.07) is 10.2. The van der Waals surface area contributed by atoms with Gasteiger partial charge in [0.15, 0.2) is 5.96 Å². The predicted octanol–water partition coefficient (Wildman–Crippen LogP) is 3.71. The van der Waals surface area contributed by atoms with Crippen LogP contribution >= 0.6 is 11.3 Å². The molecule has 142 valence electrons. The molecule has 1 heterocycles. The van der Waals surface area contributed by atoms with Crippen LogP contribution in [0.15, 0.2) is 40.7 Å². The third-order valence-electron chi connectivity index (χ3n) is 3.69. The molecule has 1 aromatic heterocycles. The van der Waals surface area contributed by atoms with Crippen LogP contribution in [-0.2, 0) is 23.3 Å². The molecule has 6 heteroatoms. The Bertz CT molecular complexity index is 677. The normalized spacial score (nSPS) is 12.2. The number of aromatic nitrogens is 1. The van der Waals surface area contributed by atoms with E-state index in [0.717, 1.165) is 23.2 Å². The molecule has 0 saturated carbocycles. The number of hydrogen-bond acceptors (Lipinski definition) is 4. The van der Waals surface area contributed by atoms with Gasteiger partial charge in [-0.05, 0) is 12.5 Å². The van der Waals surface area contributed by atoms with Crippen LogP contribution in [-0.4, -0.2) is 30.6 Å². The number of hydrogen-bond donors (Lipinski definition) is 2. The number of nitrogens with zero attached hydrogens (tertiary/aromatic N) is 2. The lowest BCUT2D eigenvalue weighted by Crippen LogP contribution is -2.38. The standard InChI is InChI=1S/C20H30N4OS/c1-5-21-19(22-11-12-25-14-16-9-7-6-8-10-16)23-13-18-24-17(15-26-18)20(2,3)4/h6-10,15H,5,11-14H2,1-4H3,(H2,21,22,23). The summed E-state index contributed by atoms with van der Waals surface area (Å²) in [5, 5.41) is 9.73. The second-order valence-electron chi connectivity index (χ2n) is 7.04. The quantitative estimate of drug-likeness (QED) is 0.420. The first-order chi connectivity index (χ1) is 12.5. The lowest BCUT2D eigenvalue weighted by Gasteiger charge is -2.14. The summed E-state index contributed by atoms with van der Waals surface area (Å²) in [6.45, 7) is 12.0. The van der Waals surface area contributed by atoms with E-state index < -0.39 is 0 Å². The SMILES string of the molecule is CCNC(=NCc1nc(C(C)(C)C)cs1)NCCOCc1ccccc1. The maximum atomic E-state index is 5.70. The van der Waals surface area contributed by atoms with Crippen LogP contribution in [0.2, 0.25) is 0 Å². The number of guanidine groups is 1. The third kappa shape index (κ3) is 7.14. The summed E-state index contributed by atoms with van der Waals surface area (Å²) in [5.41, 5.74) is 2.39. The monoisotopic (exact) mass is 374 g/mol.